The molecule has 0 aliphatic carbocycles. The van der Waals surface area contributed by atoms with Gasteiger partial charge in [-0.05, 0) is 55.5 Å². The van der Waals surface area contributed by atoms with Crippen LogP contribution in [-0.4, -0.2) is 48.4 Å². The maximum Gasteiger partial charge on any atom is 0.265 e. The van der Waals surface area contributed by atoms with Crippen LogP contribution < -0.4 is 19.7 Å². The van der Waals surface area contributed by atoms with E-state index in [1.165, 1.54) is 4.90 Å². The van der Waals surface area contributed by atoms with Crippen LogP contribution in [0, 0.1) is 0 Å². The Labute approximate surface area is 207 Å². The van der Waals surface area contributed by atoms with Gasteiger partial charge in [-0.1, -0.05) is 23.7 Å². The molecule has 8 nitrogen and oxygen atoms in total. The second kappa shape index (κ2) is 11.0. The first-order valence-electron chi connectivity index (χ1n) is 11.1. The van der Waals surface area contributed by atoms with Gasteiger partial charge in [0.2, 0.25) is 5.91 Å². The van der Waals surface area contributed by atoms with E-state index in [1.807, 2.05) is 18.2 Å². The average molecular weight is 494 g/mol. The van der Waals surface area contributed by atoms with Crippen molar-refractivity contribution in [1.29, 1.82) is 0 Å². The Morgan fingerprint density at radius 1 is 1.17 bits per heavy atom. The topological polar surface area (TPSA) is 97.8 Å². The predicted octanol–water partition coefficient (Wildman–Crippen LogP) is 3.47. The van der Waals surface area contributed by atoms with Crippen molar-refractivity contribution in [2.45, 2.75) is 19.4 Å². The Morgan fingerprint density at radius 3 is 2.80 bits per heavy atom. The molecule has 35 heavy (non-hydrogen) atoms. The van der Waals surface area contributed by atoms with E-state index in [0.29, 0.717) is 40.7 Å². The average Bonchev–Trinajstić information content (AvgIpc) is 2.87. The van der Waals surface area contributed by atoms with Crippen LogP contribution in [0.1, 0.15) is 23.0 Å². The number of carbonyl (C=O) groups excluding carboxylic acids is 3. The minimum Gasteiger partial charge on any atom is -0.485 e. The molecule has 0 bridgehead atoms. The second-order valence-electron chi connectivity index (χ2n) is 7.94. The zero-order valence-corrected chi connectivity index (χ0v) is 19.8. The van der Waals surface area contributed by atoms with Crippen LogP contribution in [0.25, 0.3) is 0 Å². The minimum atomic E-state index is -0.804. The highest BCUT2D eigenvalue weighted by Crippen LogP contribution is 2.34. The number of nitrogens with one attached hydrogen (secondary N) is 1. The second-order valence-corrected chi connectivity index (χ2v) is 8.38. The molecule has 4 rings (SSSR count). The van der Waals surface area contributed by atoms with E-state index < -0.39 is 6.04 Å². The molecule has 2 amide bonds. The normalized spacial score (nSPS) is 13.4. The number of halogens is 1. The Hall–Kier alpha value is -3.91. The number of benzene rings is 2. The number of amides is 2. The summed E-state index contributed by atoms with van der Waals surface area (Å²) in [5.41, 5.74) is 1.55. The highest BCUT2D eigenvalue weighted by atomic mass is 35.5. The molecule has 0 radical (unpaired) electrons. The van der Waals surface area contributed by atoms with Gasteiger partial charge >= 0.3 is 0 Å². The van der Waals surface area contributed by atoms with Gasteiger partial charge in [-0.25, -0.2) is 0 Å². The molecule has 1 aromatic heterocycles. The maximum atomic E-state index is 12.8. The predicted molar refractivity (Wildman–Crippen MR) is 131 cm³/mol. The van der Waals surface area contributed by atoms with Crippen molar-refractivity contribution in [2.24, 2.45) is 0 Å². The number of fused-ring (bicyclic) bond motifs is 1. The van der Waals surface area contributed by atoms with Gasteiger partial charge in [0.15, 0.2) is 19.0 Å². The van der Waals surface area contributed by atoms with Gasteiger partial charge < -0.3 is 14.8 Å². The summed E-state index contributed by atoms with van der Waals surface area (Å²) >= 11 is 5.95. The van der Waals surface area contributed by atoms with Crippen LogP contribution in [0.4, 0.5) is 5.69 Å². The molecular formula is C26H24ClN3O5. The molecule has 9 heteroatoms. The number of pyridine rings is 1. The number of Topliss-reactive ketones (excluding diaryl/α,β-unsaturated/α-hetero) is 1. The zero-order valence-electron chi connectivity index (χ0n) is 19.1. The van der Waals surface area contributed by atoms with Crippen molar-refractivity contribution in [3.63, 3.8) is 0 Å². The summed E-state index contributed by atoms with van der Waals surface area (Å²) in [5, 5.41) is 3.35. The summed E-state index contributed by atoms with van der Waals surface area (Å²) in [6, 6.07) is 16.3. The molecule has 0 unspecified atom stereocenters. The molecule has 0 saturated heterocycles. The molecule has 1 atom stereocenters. The van der Waals surface area contributed by atoms with E-state index in [4.69, 9.17) is 21.1 Å². The summed E-state index contributed by atoms with van der Waals surface area (Å²) < 4.78 is 11.1. The summed E-state index contributed by atoms with van der Waals surface area (Å²) in [7, 11) is 0. The number of carbonyl (C=O) groups is 3. The first-order chi connectivity index (χ1) is 16.9. The third-order valence-electron chi connectivity index (χ3n) is 5.50. The van der Waals surface area contributed by atoms with Crippen LogP contribution in [-0.2, 0) is 16.0 Å². The molecule has 3 aromatic rings. The molecule has 180 valence electrons. The number of hydrogen-bond acceptors (Lipinski definition) is 6. The number of rotatable bonds is 9. The number of nitrogens with zero attached hydrogens (tertiary/aromatic N) is 2. The Balaban J connectivity index is 1.44. The van der Waals surface area contributed by atoms with Gasteiger partial charge in [-0.2, -0.15) is 0 Å². The van der Waals surface area contributed by atoms with Crippen LogP contribution in [0.2, 0.25) is 5.02 Å². The fraction of sp³-hybridized carbons (Fsp3) is 0.231. The minimum absolute atomic E-state index is 0.191. The summed E-state index contributed by atoms with van der Waals surface area (Å²) in [5.74, 6) is -0.0870. The molecule has 0 fully saturated rings. The fourth-order valence-corrected chi connectivity index (χ4v) is 3.86. The quantitative estimate of drug-likeness (QED) is 0.458. The first-order valence-corrected chi connectivity index (χ1v) is 11.5. The highest BCUT2D eigenvalue weighted by Gasteiger charge is 2.33. The SMILES string of the molecule is C[C@H](C(=O)NCCc1ccccn1)N1C(=O)COc2ccc(C(=O)COc3cccc(Cl)c3)cc21. The largest absolute Gasteiger partial charge is 0.485 e. The Bertz CT molecular complexity index is 1230. The lowest BCUT2D eigenvalue weighted by molar-refractivity contribution is -0.127. The highest BCUT2D eigenvalue weighted by molar-refractivity contribution is 6.30. The van der Waals surface area contributed by atoms with Crippen LogP contribution in [0.3, 0.4) is 0 Å². The molecule has 0 saturated carbocycles. The maximum absolute atomic E-state index is 12.8. The molecule has 2 aromatic carbocycles. The molecule has 1 aliphatic heterocycles. The molecule has 0 spiro atoms. The van der Waals surface area contributed by atoms with Crippen LogP contribution in [0.5, 0.6) is 11.5 Å². The smallest absolute Gasteiger partial charge is 0.265 e. The molecule has 1 aliphatic rings. The van der Waals surface area contributed by atoms with Gasteiger partial charge in [-0.15, -0.1) is 0 Å². The number of aromatic nitrogens is 1. The standard InChI is InChI=1S/C26H24ClN3O5/c1-17(26(33)29-12-10-20-6-2-3-11-28-20)30-22-13-18(8-9-24(22)35-16-25(30)32)23(31)15-34-21-7-4-5-19(27)14-21/h2-9,11,13-14,17H,10,12,15-16H2,1H3,(H,29,33)/t17-/m1/s1. The van der Waals surface area contributed by atoms with Gasteiger partial charge in [-0.3, -0.25) is 24.3 Å². The van der Waals surface area contributed by atoms with Gasteiger partial charge in [0, 0.05) is 35.4 Å². The van der Waals surface area contributed by atoms with E-state index in [1.54, 1.807) is 55.6 Å². The number of ketones is 1. The van der Waals surface area contributed by atoms with Gasteiger partial charge in [0.05, 0.1) is 5.69 Å². The van der Waals surface area contributed by atoms with Crippen LogP contribution >= 0.6 is 11.6 Å². The lowest BCUT2D eigenvalue weighted by atomic mass is 10.1. The van der Waals surface area contributed by atoms with Crippen molar-refractivity contribution < 1.29 is 23.9 Å². The first kappa shape index (κ1) is 24.2. The number of anilines is 1. The number of ether oxygens (including phenoxy) is 2. The summed E-state index contributed by atoms with van der Waals surface area (Å²) in [6.45, 7) is 1.62. The van der Waals surface area contributed by atoms with Crippen molar-refractivity contribution in [1.82, 2.24) is 10.3 Å². The van der Waals surface area contributed by atoms with E-state index in [9.17, 15) is 14.4 Å². The van der Waals surface area contributed by atoms with Crippen molar-refractivity contribution in [3.8, 4) is 11.5 Å². The Kier molecular flexibility index (Phi) is 7.62. The fourth-order valence-electron chi connectivity index (χ4n) is 3.68. The summed E-state index contributed by atoms with van der Waals surface area (Å²) in [6.07, 6.45) is 2.26. The molecule has 2 heterocycles. The number of hydrogen-bond donors (Lipinski definition) is 1. The van der Waals surface area contributed by atoms with E-state index >= 15 is 0 Å². The molecule has 1 N–H and O–H groups in total. The summed E-state index contributed by atoms with van der Waals surface area (Å²) in [4.78, 5) is 43.9. The van der Waals surface area contributed by atoms with Crippen LogP contribution in [0.15, 0.2) is 66.9 Å². The van der Waals surface area contributed by atoms with Gasteiger partial charge in [0.1, 0.15) is 17.5 Å². The van der Waals surface area contributed by atoms with Crippen molar-refractivity contribution in [2.75, 3.05) is 24.7 Å². The lowest BCUT2D eigenvalue weighted by Crippen LogP contribution is -2.51. The van der Waals surface area contributed by atoms with Crippen molar-refractivity contribution in [3.05, 3.63) is 83.1 Å². The van der Waals surface area contributed by atoms with Gasteiger partial charge in [0.25, 0.3) is 5.91 Å². The zero-order chi connectivity index (χ0) is 24.8. The lowest BCUT2D eigenvalue weighted by Gasteiger charge is -2.33. The molecular weight excluding hydrogens is 470 g/mol. The van der Waals surface area contributed by atoms with E-state index in [2.05, 4.69) is 10.3 Å². The Morgan fingerprint density at radius 2 is 2.03 bits per heavy atom. The third-order valence-corrected chi connectivity index (χ3v) is 5.73. The van der Waals surface area contributed by atoms with E-state index in [0.717, 1.165) is 5.69 Å². The monoisotopic (exact) mass is 493 g/mol. The third kappa shape index (κ3) is 5.96. The van der Waals surface area contributed by atoms with Crippen molar-refractivity contribution >= 4 is 34.9 Å². The van der Waals surface area contributed by atoms with E-state index in [-0.39, 0.29) is 30.8 Å².